The Bertz CT molecular complexity index is 1210. The van der Waals surface area contributed by atoms with E-state index < -0.39 is 0 Å². The molecule has 0 aromatic heterocycles. The van der Waals surface area contributed by atoms with Crippen molar-refractivity contribution in [2.24, 2.45) is 5.10 Å². The van der Waals surface area contributed by atoms with Gasteiger partial charge in [0, 0.05) is 25.1 Å². The highest BCUT2D eigenvalue weighted by Crippen LogP contribution is 2.36. The third-order valence-corrected chi connectivity index (χ3v) is 6.65. The first-order valence-corrected chi connectivity index (χ1v) is 11.6. The Hall–Kier alpha value is -3.64. The fraction of sp³-hybridized carbons (Fsp3) is 0.286. The summed E-state index contributed by atoms with van der Waals surface area (Å²) in [6.07, 6.45) is 1.59. The van der Waals surface area contributed by atoms with Gasteiger partial charge in [-0.05, 0) is 47.4 Å². The van der Waals surface area contributed by atoms with E-state index in [2.05, 4.69) is 29.2 Å². The molecule has 3 aromatic rings. The maximum Gasteiger partial charge on any atom is 0.257 e. The molecule has 0 unspecified atom stereocenters. The molecule has 2 aliphatic rings. The number of benzene rings is 3. The number of hydrogen-bond donors (Lipinski definition) is 0. The molecule has 2 aliphatic heterocycles. The molecule has 0 fully saturated rings. The first kappa shape index (κ1) is 22.2. The van der Waals surface area contributed by atoms with Gasteiger partial charge in [-0.1, -0.05) is 48.5 Å². The number of amides is 1. The van der Waals surface area contributed by atoms with Gasteiger partial charge in [-0.25, -0.2) is 5.01 Å². The van der Waals surface area contributed by atoms with Crippen LogP contribution in [0.5, 0.6) is 11.5 Å². The average molecular weight is 456 g/mol. The van der Waals surface area contributed by atoms with E-state index in [1.165, 1.54) is 11.1 Å². The van der Waals surface area contributed by atoms with Crippen LogP contribution >= 0.6 is 0 Å². The van der Waals surface area contributed by atoms with Gasteiger partial charge in [0.05, 0.1) is 32.5 Å². The van der Waals surface area contributed by atoms with Gasteiger partial charge >= 0.3 is 0 Å². The lowest BCUT2D eigenvalue weighted by atomic mass is 9.97. The molecule has 0 spiro atoms. The van der Waals surface area contributed by atoms with Gasteiger partial charge in [0.25, 0.3) is 5.91 Å². The monoisotopic (exact) mass is 455 g/mol. The summed E-state index contributed by atoms with van der Waals surface area (Å²) >= 11 is 0. The fourth-order valence-corrected chi connectivity index (χ4v) is 4.82. The second-order valence-corrected chi connectivity index (χ2v) is 8.71. The predicted molar refractivity (Wildman–Crippen MR) is 132 cm³/mol. The maximum atomic E-state index is 13.6. The van der Waals surface area contributed by atoms with Crippen LogP contribution in [0.4, 0.5) is 0 Å². The lowest BCUT2D eigenvalue weighted by Gasteiger charge is -2.30. The number of methoxy groups -OCH3 is 2. The molecule has 174 valence electrons. The van der Waals surface area contributed by atoms with Gasteiger partial charge in [0.2, 0.25) is 0 Å². The lowest BCUT2D eigenvalue weighted by Crippen LogP contribution is -2.40. The zero-order valence-corrected chi connectivity index (χ0v) is 19.6. The topological polar surface area (TPSA) is 54.4 Å². The number of fused-ring (bicyclic) bond motifs is 1. The van der Waals surface area contributed by atoms with Crippen LogP contribution in [0.1, 0.15) is 34.7 Å². The Balaban J connectivity index is 1.41. The summed E-state index contributed by atoms with van der Waals surface area (Å²) in [4.78, 5) is 15.8. The summed E-state index contributed by atoms with van der Waals surface area (Å²) in [5.74, 6) is 1.55. The first-order valence-electron chi connectivity index (χ1n) is 11.6. The molecule has 6 nitrogen and oxygen atoms in total. The Morgan fingerprint density at radius 2 is 1.68 bits per heavy atom. The van der Waals surface area contributed by atoms with Crippen molar-refractivity contribution in [3.05, 3.63) is 95.1 Å². The van der Waals surface area contributed by atoms with E-state index in [1.54, 1.807) is 19.2 Å². The molecule has 0 saturated heterocycles. The third kappa shape index (κ3) is 4.41. The van der Waals surface area contributed by atoms with Crippen molar-refractivity contribution in [2.45, 2.75) is 25.4 Å². The van der Waals surface area contributed by atoms with Crippen LogP contribution in [0, 0.1) is 0 Å². The summed E-state index contributed by atoms with van der Waals surface area (Å²) in [5.41, 5.74) is 5.49. The van der Waals surface area contributed by atoms with Crippen LogP contribution in [0.15, 0.2) is 77.9 Å². The Morgan fingerprint density at radius 3 is 2.44 bits per heavy atom. The first-order chi connectivity index (χ1) is 16.7. The van der Waals surface area contributed by atoms with Crippen molar-refractivity contribution in [3.8, 4) is 11.5 Å². The molecular formula is C28H29N3O3. The molecule has 5 rings (SSSR count). The van der Waals surface area contributed by atoms with Gasteiger partial charge in [-0.15, -0.1) is 0 Å². The van der Waals surface area contributed by atoms with E-state index in [0.717, 1.165) is 47.8 Å². The number of para-hydroxylation sites is 1. The Labute approximate surface area is 200 Å². The minimum Gasteiger partial charge on any atom is -0.497 e. The summed E-state index contributed by atoms with van der Waals surface area (Å²) in [5, 5.41) is 6.51. The largest absolute Gasteiger partial charge is 0.497 e. The standard InChI is InChI=1S/C28H29N3O3/c1-33-23-13-11-21(12-14-23)26-17-25(24-9-5-6-10-27(24)34-2)29-31(26)28(32)19-30-16-15-20-7-3-4-8-22(20)18-30/h3-14,26H,15-19H2,1-2H3/t26-/m1/s1. The van der Waals surface area contributed by atoms with E-state index in [4.69, 9.17) is 14.6 Å². The highest BCUT2D eigenvalue weighted by molar-refractivity contribution is 6.05. The number of carbonyl (C=O) groups is 1. The van der Waals surface area contributed by atoms with Gasteiger partial charge in [0.15, 0.2) is 0 Å². The molecule has 0 saturated carbocycles. The third-order valence-electron chi connectivity index (χ3n) is 6.65. The maximum absolute atomic E-state index is 13.6. The van der Waals surface area contributed by atoms with Gasteiger partial charge in [-0.2, -0.15) is 5.10 Å². The van der Waals surface area contributed by atoms with Crippen molar-refractivity contribution in [3.63, 3.8) is 0 Å². The molecule has 0 bridgehead atoms. The molecule has 1 atom stereocenters. The number of carbonyl (C=O) groups excluding carboxylic acids is 1. The van der Waals surface area contributed by atoms with Crippen LogP contribution in [0.3, 0.4) is 0 Å². The van der Waals surface area contributed by atoms with E-state index >= 15 is 0 Å². The van der Waals surface area contributed by atoms with Gasteiger partial charge in [0.1, 0.15) is 11.5 Å². The summed E-state index contributed by atoms with van der Waals surface area (Å²) in [6.45, 7) is 1.99. The average Bonchev–Trinajstić information content (AvgIpc) is 3.34. The molecular weight excluding hydrogens is 426 g/mol. The Kier molecular flexibility index (Phi) is 6.32. The predicted octanol–water partition coefficient (Wildman–Crippen LogP) is 4.44. The molecule has 0 N–H and O–H groups in total. The van der Waals surface area contributed by atoms with Crippen molar-refractivity contribution in [2.75, 3.05) is 27.3 Å². The molecule has 0 radical (unpaired) electrons. The molecule has 3 aromatic carbocycles. The highest BCUT2D eigenvalue weighted by Gasteiger charge is 2.35. The molecule has 34 heavy (non-hydrogen) atoms. The number of hydrogen-bond acceptors (Lipinski definition) is 5. The minimum atomic E-state index is -0.171. The van der Waals surface area contributed by atoms with Crippen molar-refractivity contribution in [1.82, 2.24) is 9.91 Å². The molecule has 2 heterocycles. The number of hydrazone groups is 1. The van der Waals surface area contributed by atoms with Crippen LogP contribution in [-0.4, -0.2) is 48.8 Å². The molecule has 6 heteroatoms. The van der Waals surface area contributed by atoms with Gasteiger partial charge < -0.3 is 9.47 Å². The van der Waals surface area contributed by atoms with Crippen LogP contribution < -0.4 is 9.47 Å². The molecule has 1 amide bonds. The number of rotatable bonds is 6. The van der Waals surface area contributed by atoms with E-state index in [-0.39, 0.29) is 11.9 Å². The second kappa shape index (κ2) is 9.69. The van der Waals surface area contributed by atoms with Crippen molar-refractivity contribution in [1.29, 1.82) is 0 Å². The smallest absolute Gasteiger partial charge is 0.257 e. The summed E-state index contributed by atoms with van der Waals surface area (Å²) in [6, 6.07) is 24.0. The van der Waals surface area contributed by atoms with Crippen molar-refractivity contribution >= 4 is 11.6 Å². The lowest BCUT2D eigenvalue weighted by molar-refractivity contribution is -0.134. The number of ether oxygens (including phenoxy) is 2. The highest BCUT2D eigenvalue weighted by atomic mass is 16.5. The van der Waals surface area contributed by atoms with Crippen LogP contribution in [0.25, 0.3) is 0 Å². The quantitative estimate of drug-likeness (QED) is 0.552. The fourth-order valence-electron chi connectivity index (χ4n) is 4.82. The molecule has 0 aliphatic carbocycles. The zero-order valence-electron chi connectivity index (χ0n) is 19.6. The van der Waals surface area contributed by atoms with Crippen LogP contribution in [-0.2, 0) is 17.8 Å². The van der Waals surface area contributed by atoms with Crippen molar-refractivity contribution < 1.29 is 14.3 Å². The van der Waals surface area contributed by atoms with Crippen LogP contribution in [0.2, 0.25) is 0 Å². The number of nitrogens with zero attached hydrogens (tertiary/aromatic N) is 3. The van der Waals surface area contributed by atoms with E-state index in [0.29, 0.717) is 13.0 Å². The van der Waals surface area contributed by atoms with E-state index in [1.807, 2.05) is 48.5 Å². The van der Waals surface area contributed by atoms with Gasteiger partial charge in [-0.3, -0.25) is 9.69 Å². The summed E-state index contributed by atoms with van der Waals surface area (Å²) < 4.78 is 10.9. The SMILES string of the molecule is COc1ccc([C@H]2CC(c3ccccc3OC)=NN2C(=O)CN2CCc3ccccc3C2)cc1. The zero-order chi connectivity index (χ0) is 23.5. The second-order valence-electron chi connectivity index (χ2n) is 8.71. The Morgan fingerprint density at radius 1 is 0.941 bits per heavy atom. The minimum absolute atomic E-state index is 0.00472. The normalized spacial score (nSPS) is 17.8. The summed E-state index contributed by atoms with van der Waals surface area (Å²) in [7, 11) is 3.31. The van der Waals surface area contributed by atoms with E-state index in [9.17, 15) is 4.79 Å².